The number of anilines is 1. The van der Waals surface area contributed by atoms with Gasteiger partial charge in [-0.25, -0.2) is 9.97 Å². The van der Waals surface area contributed by atoms with Crippen LogP contribution in [0.15, 0.2) is 6.07 Å². The van der Waals surface area contributed by atoms with Gasteiger partial charge >= 0.3 is 0 Å². The highest BCUT2D eigenvalue weighted by Crippen LogP contribution is 2.16. The topological polar surface area (TPSA) is 70.8 Å². The van der Waals surface area contributed by atoms with E-state index in [1.807, 2.05) is 13.0 Å². The Bertz CT molecular complexity index is 421. The van der Waals surface area contributed by atoms with Crippen molar-refractivity contribution >= 4 is 5.95 Å². The highest BCUT2D eigenvalue weighted by molar-refractivity contribution is 5.32. The quantitative estimate of drug-likeness (QED) is 0.851. The summed E-state index contributed by atoms with van der Waals surface area (Å²) in [5.74, 6) is 1.18. The average molecular weight is 232 g/mol. The second-order valence-corrected chi connectivity index (χ2v) is 4.28. The summed E-state index contributed by atoms with van der Waals surface area (Å²) < 4.78 is 5.31. The zero-order valence-electron chi connectivity index (χ0n) is 9.94. The lowest BCUT2D eigenvalue weighted by molar-refractivity contribution is 0.185. The van der Waals surface area contributed by atoms with Gasteiger partial charge in [0.1, 0.15) is 11.8 Å². The molecule has 0 aliphatic carbocycles. The molecule has 2 rings (SSSR count). The van der Waals surface area contributed by atoms with E-state index in [0.29, 0.717) is 17.6 Å². The standard InChI is InChI=1S/C12H16N4O/c1-9-6-11(7-13)16-12(15-9)14-4-2-10-3-5-17-8-10/h6,10H,2-5,8H2,1H3,(H,14,15,16). The van der Waals surface area contributed by atoms with Gasteiger partial charge < -0.3 is 10.1 Å². The van der Waals surface area contributed by atoms with Crippen LogP contribution in [0.5, 0.6) is 0 Å². The fourth-order valence-electron chi connectivity index (χ4n) is 1.90. The Morgan fingerprint density at radius 1 is 1.59 bits per heavy atom. The fraction of sp³-hybridized carbons (Fsp3) is 0.583. The third-order valence-corrected chi connectivity index (χ3v) is 2.83. The molecule has 0 radical (unpaired) electrons. The highest BCUT2D eigenvalue weighted by Gasteiger charge is 2.14. The molecule has 0 spiro atoms. The van der Waals surface area contributed by atoms with Gasteiger partial charge in [0.15, 0.2) is 0 Å². The lowest BCUT2D eigenvalue weighted by atomic mass is 10.1. The van der Waals surface area contributed by atoms with E-state index in [2.05, 4.69) is 15.3 Å². The molecule has 1 atom stereocenters. The molecule has 1 aliphatic heterocycles. The van der Waals surface area contributed by atoms with Gasteiger partial charge in [-0.1, -0.05) is 0 Å². The van der Waals surface area contributed by atoms with E-state index in [-0.39, 0.29) is 0 Å². The lowest BCUT2D eigenvalue weighted by Crippen LogP contribution is -2.11. The van der Waals surface area contributed by atoms with Gasteiger partial charge in [-0.3, -0.25) is 0 Å². The van der Waals surface area contributed by atoms with Crippen molar-refractivity contribution in [3.63, 3.8) is 0 Å². The summed E-state index contributed by atoms with van der Waals surface area (Å²) >= 11 is 0. The number of nitrogens with zero attached hydrogens (tertiary/aromatic N) is 3. The minimum atomic E-state index is 0.407. The Hall–Kier alpha value is -1.67. The molecule has 1 N–H and O–H groups in total. The van der Waals surface area contributed by atoms with E-state index in [1.54, 1.807) is 6.07 Å². The number of hydrogen-bond donors (Lipinski definition) is 1. The molecule has 17 heavy (non-hydrogen) atoms. The zero-order valence-corrected chi connectivity index (χ0v) is 9.94. The first-order valence-corrected chi connectivity index (χ1v) is 5.85. The van der Waals surface area contributed by atoms with Crippen LogP contribution in [-0.4, -0.2) is 29.7 Å². The van der Waals surface area contributed by atoms with Crippen LogP contribution in [0, 0.1) is 24.2 Å². The molecule has 1 aromatic rings. The molecule has 0 saturated carbocycles. The largest absolute Gasteiger partial charge is 0.381 e. The van der Waals surface area contributed by atoms with Gasteiger partial charge in [-0.15, -0.1) is 0 Å². The number of aryl methyl sites for hydroxylation is 1. The van der Waals surface area contributed by atoms with Gasteiger partial charge in [-0.05, 0) is 31.7 Å². The smallest absolute Gasteiger partial charge is 0.224 e. The maximum Gasteiger partial charge on any atom is 0.224 e. The maximum atomic E-state index is 8.80. The summed E-state index contributed by atoms with van der Waals surface area (Å²) in [7, 11) is 0. The number of nitriles is 1. The molecule has 1 aromatic heterocycles. The van der Waals surface area contributed by atoms with Crippen LogP contribution in [0.4, 0.5) is 5.95 Å². The molecule has 5 nitrogen and oxygen atoms in total. The number of nitrogens with one attached hydrogen (secondary N) is 1. The van der Waals surface area contributed by atoms with Gasteiger partial charge in [0.25, 0.3) is 0 Å². The van der Waals surface area contributed by atoms with Crippen molar-refractivity contribution in [2.45, 2.75) is 19.8 Å². The average Bonchev–Trinajstić information content (AvgIpc) is 2.81. The van der Waals surface area contributed by atoms with Gasteiger partial charge in [-0.2, -0.15) is 5.26 Å². The molecule has 1 aliphatic rings. The Labute approximate surface area is 101 Å². The molecule has 0 amide bonds. The minimum absolute atomic E-state index is 0.407. The Balaban J connectivity index is 1.85. The minimum Gasteiger partial charge on any atom is -0.381 e. The third kappa shape index (κ3) is 3.40. The Morgan fingerprint density at radius 3 is 3.18 bits per heavy atom. The molecule has 1 fully saturated rings. The van der Waals surface area contributed by atoms with Crippen molar-refractivity contribution in [1.82, 2.24) is 9.97 Å². The van der Waals surface area contributed by atoms with Crippen molar-refractivity contribution in [2.75, 3.05) is 25.1 Å². The van der Waals surface area contributed by atoms with Gasteiger partial charge in [0, 0.05) is 25.5 Å². The predicted octanol–water partition coefficient (Wildman–Crippen LogP) is 1.50. The van der Waals surface area contributed by atoms with Crippen molar-refractivity contribution in [3.05, 3.63) is 17.5 Å². The van der Waals surface area contributed by atoms with Crippen LogP contribution < -0.4 is 5.32 Å². The molecule has 0 bridgehead atoms. The first kappa shape index (κ1) is 11.8. The van der Waals surface area contributed by atoms with Crippen LogP contribution in [0.2, 0.25) is 0 Å². The lowest BCUT2D eigenvalue weighted by Gasteiger charge is -2.09. The van der Waals surface area contributed by atoms with E-state index >= 15 is 0 Å². The third-order valence-electron chi connectivity index (χ3n) is 2.83. The number of hydrogen-bond acceptors (Lipinski definition) is 5. The number of rotatable bonds is 4. The molecule has 1 saturated heterocycles. The summed E-state index contributed by atoms with van der Waals surface area (Å²) in [4.78, 5) is 8.34. The molecular weight excluding hydrogens is 216 g/mol. The van der Waals surface area contributed by atoms with Crippen molar-refractivity contribution in [1.29, 1.82) is 5.26 Å². The van der Waals surface area contributed by atoms with Crippen molar-refractivity contribution < 1.29 is 4.74 Å². The van der Waals surface area contributed by atoms with Crippen LogP contribution in [-0.2, 0) is 4.74 Å². The summed E-state index contributed by atoms with van der Waals surface area (Å²) in [5, 5.41) is 12.0. The zero-order chi connectivity index (χ0) is 12.1. The second kappa shape index (κ2) is 5.60. The summed E-state index contributed by atoms with van der Waals surface area (Å²) in [5.41, 5.74) is 1.22. The predicted molar refractivity (Wildman–Crippen MR) is 63.5 cm³/mol. The number of aromatic nitrogens is 2. The molecule has 5 heteroatoms. The van der Waals surface area contributed by atoms with E-state index in [4.69, 9.17) is 10.00 Å². The maximum absolute atomic E-state index is 8.80. The van der Waals surface area contributed by atoms with E-state index in [0.717, 1.165) is 38.3 Å². The first-order chi connectivity index (χ1) is 8.28. The normalized spacial score (nSPS) is 18.9. The molecule has 2 heterocycles. The van der Waals surface area contributed by atoms with E-state index < -0.39 is 0 Å². The van der Waals surface area contributed by atoms with Crippen LogP contribution >= 0.6 is 0 Å². The molecule has 90 valence electrons. The van der Waals surface area contributed by atoms with Crippen LogP contribution in [0.25, 0.3) is 0 Å². The number of ether oxygens (including phenoxy) is 1. The fourth-order valence-corrected chi connectivity index (χ4v) is 1.90. The highest BCUT2D eigenvalue weighted by atomic mass is 16.5. The second-order valence-electron chi connectivity index (χ2n) is 4.28. The summed E-state index contributed by atoms with van der Waals surface area (Å²) in [6.07, 6.45) is 2.19. The van der Waals surface area contributed by atoms with E-state index in [1.165, 1.54) is 0 Å². The van der Waals surface area contributed by atoms with Gasteiger partial charge in [0.2, 0.25) is 5.95 Å². The monoisotopic (exact) mass is 232 g/mol. The van der Waals surface area contributed by atoms with Gasteiger partial charge in [0.05, 0.1) is 0 Å². The van der Waals surface area contributed by atoms with E-state index in [9.17, 15) is 0 Å². The van der Waals surface area contributed by atoms with Crippen LogP contribution in [0.3, 0.4) is 0 Å². The molecule has 0 aromatic carbocycles. The molecular formula is C12H16N4O. The summed E-state index contributed by atoms with van der Waals surface area (Å²) in [6.45, 7) is 4.42. The summed E-state index contributed by atoms with van der Waals surface area (Å²) in [6, 6.07) is 3.71. The van der Waals surface area contributed by atoms with Crippen molar-refractivity contribution in [2.24, 2.45) is 5.92 Å². The van der Waals surface area contributed by atoms with Crippen LogP contribution in [0.1, 0.15) is 24.2 Å². The first-order valence-electron chi connectivity index (χ1n) is 5.85. The SMILES string of the molecule is Cc1cc(C#N)nc(NCCC2CCOC2)n1. The Kier molecular flexibility index (Phi) is 3.89. The van der Waals surface area contributed by atoms with Crippen molar-refractivity contribution in [3.8, 4) is 6.07 Å². The Morgan fingerprint density at radius 2 is 2.47 bits per heavy atom. The molecule has 1 unspecified atom stereocenters.